The largest absolute Gasteiger partial charge is 0.378 e. The van der Waals surface area contributed by atoms with Crippen LogP contribution in [0.25, 0.3) is 0 Å². The third-order valence-corrected chi connectivity index (χ3v) is 4.26. The van der Waals surface area contributed by atoms with E-state index in [4.69, 9.17) is 10.6 Å². The van der Waals surface area contributed by atoms with Crippen molar-refractivity contribution >= 4 is 11.3 Å². The van der Waals surface area contributed by atoms with Gasteiger partial charge in [-0.1, -0.05) is 6.07 Å². The van der Waals surface area contributed by atoms with Crippen molar-refractivity contribution in [1.29, 1.82) is 0 Å². The fraction of sp³-hybridized carbons (Fsp3) is 0.692. The van der Waals surface area contributed by atoms with Crippen LogP contribution in [0.5, 0.6) is 0 Å². The number of hydrogen-bond acceptors (Lipinski definition) is 4. The van der Waals surface area contributed by atoms with Gasteiger partial charge < -0.3 is 4.74 Å². The maximum atomic E-state index is 5.62. The predicted molar refractivity (Wildman–Crippen MR) is 72.0 cm³/mol. The second kappa shape index (κ2) is 7.11. The van der Waals surface area contributed by atoms with Crippen molar-refractivity contribution in [2.45, 2.75) is 50.7 Å². The molecular formula is C13H22N2OS. The maximum Gasteiger partial charge on any atom is 0.0576 e. The number of nitrogens with one attached hydrogen (secondary N) is 1. The number of thiophene rings is 1. The fourth-order valence-electron chi connectivity index (χ4n) is 2.38. The summed E-state index contributed by atoms with van der Waals surface area (Å²) in [5.74, 6) is 5.61. The molecule has 4 heteroatoms. The molecule has 0 radical (unpaired) electrons. The molecule has 3 nitrogen and oxygen atoms in total. The van der Waals surface area contributed by atoms with Gasteiger partial charge in [-0.2, -0.15) is 0 Å². The Morgan fingerprint density at radius 2 is 2.53 bits per heavy atom. The highest BCUT2D eigenvalue weighted by Crippen LogP contribution is 2.19. The Morgan fingerprint density at radius 1 is 1.59 bits per heavy atom. The number of hydrazine groups is 1. The number of rotatable bonds is 7. The molecule has 0 bridgehead atoms. The van der Waals surface area contributed by atoms with Crippen LogP contribution in [0.1, 0.15) is 37.0 Å². The summed E-state index contributed by atoms with van der Waals surface area (Å²) in [6.07, 6.45) is 7.54. The Hall–Kier alpha value is -0.420. The predicted octanol–water partition coefficient (Wildman–Crippen LogP) is 2.47. The van der Waals surface area contributed by atoms with Crippen molar-refractivity contribution in [3.05, 3.63) is 22.4 Å². The molecule has 1 fully saturated rings. The minimum Gasteiger partial charge on any atom is -0.378 e. The first-order chi connectivity index (χ1) is 8.38. The van der Waals surface area contributed by atoms with Crippen LogP contribution in [-0.4, -0.2) is 18.8 Å². The van der Waals surface area contributed by atoms with Crippen molar-refractivity contribution in [3.63, 3.8) is 0 Å². The van der Waals surface area contributed by atoms with E-state index in [1.165, 1.54) is 30.6 Å². The molecular weight excluding hydrogens is 232 g/mol. The zero-order chi connectivity index (χ0) is 11.9. The normalized spacial score (nSPS) is 21.8. The van der Waals surface area contributed by atoms with Crippen molar-refractivity contribution < 1.29 is 4.74 Å². The maximum absolute atomic E-state index is 5.62. The highest BCUT2D eigenvalue weighted by atomic mass is 32.1. The molecule has 1 aromatic heterocycles. The van der Waals surface area contributed by atoms with Gasteiger partial charge in [0.15, 0.2) is 0 Å². The number of hydrogen-bond donors (Lipinski definition) is 2. The van der Waals surface area contributed by atoms with Gasteiger partial charge in [0.25, 0.3) is 0 Å². The lowest BCUT2D eigenvalue weighted by Gasteiger charge is -2.16. The van der Waals surface area contributed by atoms with Crippen LogP contribution in [0.3, 0.4) is 0 Å². The first-order valence-corrected chi connectivity index (χ1v) is 7.36. The summed E-state index contributed by atoms with van der Waals surface area (Å²) in [5, 5.41) is 2.12. The van der Waals surface area contributed by atoms with Crippen LogP contribution < -0.4 is 11.3 Å². The molecule has 2 atom stereocenters. The van der Waals surface area contributed by atoms with Crippen LogP contribution in [0, 0.1) is 0 Å². The summed E-state index contributed by atoms with van der Waals surface area (Å²) >= 11 is 1.81. The molecule has 1 aliphatic rings. The van der Waals surface area contributed by atoms with Gasteiger partial charge in [0, 0.05) is 17.5 Å². The van der Waals surface area contributed by atoms with Crippen molar-refractivity contribution in [1.82, 2.24) is 5.43 Å². The highest BCUT2D eigenvalue weighted by Gasteiger charge is 2.16. The lowest BCUT2D eigenvalue weighted by molar-refractivity contribution is 0.101. The van der Waals surface area contributed by atoms with Gasteiger partial charge in [0.05, 0.1) is 6.10 Å². The summed E-state index contributed by atoms with van der Waals surface area (Å²) in [7, 11) is 0. The van der Waals surface area contributed by atoms with Gasteiger partial charge >= 0.3 is 0 Å². The third kappa shape index (κ3) is 4.39. The van der Waals surface area contributed by atoms with Gasteiger partial charge in [-0.3, -0.25) is 11.3 Å². The average molecular weight is 254 g/mol. The summed E-state index contributed by atoms with van der Waals surface area (Å²) < 4.78 is 5.62. The van der Waals surface area contributed by atoms with E-state index in [0.29, 0.717) is 12.1 Å². The molecule has 1 aliphatic heterocycles. The first-order valence-electron chi connectivity index (χ1n) is 6.48. The molecule has 96 valence electrons. The second-order valence-electron chi connectivity index (χ2n) is 4.71. The molecule has 0 spiro atoms. The van der Waals surface area contributed by atoms with E-state index >= 15 is 0 Å². The molecule has 0 aromatic carbocycles. The SMILES string of the molecule is NNC(CCCC1CCCO1)Cc1cccs1. The standard InChI is InChI=1S/C13H22N2OS/c14-15-11(10-13-7-3-9-17-13)4-1-5-12-6-2-8-16-12/h3,7,9,11-12,15H,1-2,4-6,8,10,14H2. The van der Waals surface area contributed by atoms with Crippen LogP contribution >= 0.6 is 11.3 Å². The summed E-state index contributed by atoms with van der Waals surface area (Å²) in [5.41, 5.74) is 2.93. The molecule has 1 saturated heterocycles. The summed E-state index contributed by atoms with van der Waals surface area (Å²) in [4.78, 5) is 1.41. The van der Waals surface area contributed by atoms with E-state index in [9.17, 15) is 0 Å². The lowest BCUT2D eigenvalue weighted by Crippen LogP contribution is -2.36. The average Bonchev–Trinajstić information content (AvgIpc) is 3.00. The number of nitrogens with two attached hydrogens (primary N) is 1. The molecule has 2 unspecified atom stereocenters. The zero-order valence-electron chi connectivity index (χ0n) is 10.2. The molecule has 0 amide bonds. The quantitative estimate of drug-likeness (QED) is 0.580. The second-order valence-corrected chi connectivity index (χ2v) is 5.75. The molecule has 0 aliphatic carbocycles. The molecule has 17 heavy (non-hydrogen) atoms. The minimum atomic E-state index is 0.398. The van der Waals surface area contributed by atoms with E-state index in [1.807, 2.05) is 0 Å². The van der Waals surface area contributed by atoms with E-state index in [0.717, 1.165) is 19.4 Å². The molecule has 2 rings (SSSR count). The zero-order valence-corrected chi connectivity index (χ0v) is 11.0. The van der Waals surface area contributed by atoms with Gasteiger partial charge in [-0.25, -0.2) is 0 Å². The molecule has 3 N–H and O–H groups in total. The summed E-state index contributed by atoms with van der Waals surface area (Å²) in [6, 6.07) is 4.67. The van der Waals surface area contributed by atoms with Gasteiger partial charge in [-0.05, 0) is 50.0 Å². The Bertz CT molecular complexity index is 296. The van der Waals surface area contributed by atoms with Crippen LogP contribution in [-0.2, 0) is 11.2 Å². The Labute approximate surface area is 107 Å². The van der Waals surface area contributed by atoms with Gasteiger partial charge in [-0.15, -0.1) is 11.3 Å². The van der Waals surface area contributed by atoms with E-state index in [-0.39, 0.29) is 0 Å². The van der Waals surface area contributed by atoms with Crippen LogP contribution in [0.2, 0.25) is 0 Å². The monoisotopic (exact) mass is 254 g/mol. The Kier molecular flexibility index (Phi) is 5.45. The van der Waals surface area contributed by atoms with Crippen molar-refractivity contribution in [3.8, 4) is 0 Å². The van der Waals surface area contributed by atoms with E-state index in [2.05, 4.69) is 22.9 Å². The van der Waals surface area contributed by atoms with Crippen molar-refractivity contribution in [2.75, 3.05) is 6.61 Å². The van der Waals surface area contributed by atoms with Gasteiger partial charge in [0.2, 0.25) is 0 Å². The highest BCUT2D eigenvalue weighted by molar-refractivity contribution is 7.09. The van der Waals surface area contributed by atoms with Gasteiger partial charge in [0.1, 0.15) is 0 Å². The third-order valence-electron chi connectivity index (χ3n) is 3.37. The summed E-state index contributed by atoms with van der Waals surface area (Å²) in [6.45, 7) is 0.957. The smallest absolute Gasteiger partial charge is 0.0576 e. The molecule has 2 heterocycles. The van der Waals surface area contributed by atoms with Crippen LogP contribution in [0.4, 0.5) is 0 Å². The minimum absolute atomic E-state index is 0.398. The lowest BCUT2D eigenvalue weighted by atomic mass is 10.0. The Morgan fingerprint density at radius 3 is 3.18 bits per heavy atom. The van der Waals surface area contributed by atoms with Crippen molar-refractivity contribution in [2.24, 2.45) is 5.84 Å². The molecule has 1 aromatic rings. The Balaban J connectivity index is 1.64. The van der Waals surface area contributed by atoms with E-state index in [1.54, 1.807) is 11.3 Å². The number of ether oxygens (including phenoxy) is 1. The first kappa shape index (κ1) is 13.0. The van der Waals surface area contributed by atoms with E-state index < -0.39 is 0 Å². The van der Waals surface area contributed by atoms with Crippen LogP contribution in [0.15, 0.2) is 17.5 Å². The topological polar surface area (TPSA) is 47.3 Å². The fourth-order valence-corrected chi connectivity index (χ4v) is 3.17. The molecule has 0 saturated carbocycles.